The third-order valence-corrected chi connectivity index (χ3v) is 11.0. The monoisotopic (exact) mass is 728 g/mol. The van der Waals surface area contributed by atoms with Crippen LogP contribution >= 0.6 is 23.2 Å². The van der Waals surface area contributed by atoms with Crippen LogP contribution in [-0.4, -0.2) is 57.3 Å². The number of anilines is 1. The largest absolute Gasteiger partial charge is 0.508 e. The highest BCUT2D eigenvalue weighted by molar-refractivity contribution is 6.33. The minimum Gasteiger partial charge on any atom is -0.508 e. The highest BCUT2D eigenvalue weighted by Crippen LogP contribution is 2.65. The minimum absolute atomic E-state index is 0.0139. The zero-order valence-corrected chi connectivity index (χ0v) is 28.0. The number of imide groups is 2. The first-order valence-corrected chi connectivity index (χ1v) is 16.5. The van der Waals surface area contributed by atoms with Gasteiger partial charge in [0.25, 0.3) is 11.8 Å². The van der Waals surface area contributed by atoms with Crippen molar-refractivity contribution >= 4 is 52.6 Å². The Hall–Kier alpha value is -4.62. The number of nitrogens with zero attached hydrogens (tertiary/aromatic N) is 3. The number of carbonyl (C=O) groups excluding carboxylic acids is 4. The number of aromatic hydroxyl groups is 1. The number of likely N-dealkylation sites (tertiary alicyclic amines) is 1. The van der Waals surface area contributed by atoms with E-state index in [1.807, 2.05) is 6.08 Å². The van der Waals surface area contributed by atoms with Gasteiger partial charge < -0.3 is 9.84 Å². The SMILES string of the molecule is CCN1C(=O)C2CC=C3C(CC4C(=O)N(Nc5ncc(C(F)(F)F)cc5Cl)C(=O)C4(c4ccc(Cl)cc4)C3c3ccc(O)cc3OC)C2C1=O. The molecule has 0 bridgehead atoms. The number of phenols is 1. The molecule has 3 aromatic rings. The van der Waals surface area contributed by atoms with Crippen molar-refractivity contribution in [1.29, 1.82) is 0 Å². The van der Waals surface area contributed by atoms with Crippen LogP contribution < -0.4 is 10.2 Å². The average molecular weight is 730 g/mol. The van der Waals surface area contributed by atoms with Crippen LogP contribution in [-0.2, 0) is 30.8 Å². The third-order valence-electron chi connectivity index (χ3n) is 10.5. The molecule has 2 saturated heterocycles. The quantitative estimate of drug-likeness (QED) is 0.229. The number of methoxy groups -OCH3 is 1. The van der Waals surface area contributed by atoms with E-state index < -0.39 is 63.6 Å². The Morgan fingerprint density at radius 1 is 1.02 bits per heavy atom. The molecule has 7 rings (SSSR count). The lowest BCUT2D eigenvalue weighted by atomic mass is 9.49. The maximum atomic E-state index is 15.2. The van der Waals surface area contributed by atoms with E-state index >= 15 is 4.79 Å². The van der Waals surface area contributed by atoms with E-state index in [1.54, 1.807) is 37.3 Å². The number of fused-ring (bicyclic) bond motifs is 4. The summed E-state index contributed by atoms with van der Waals surface area (Å²) in [4.78, 5) is 62.1. The molecule has 3 heterocycles. The molecule has 0 radical (unpaired) electrons. The second kappa shape index (κ2) is 12.0. The summed E-state index contributed by atoms with van der Waals surface area (Å²) in [6.07, 6.45) is -2.14. The number of amides is 4. The second-order valence-corrected chi connectivity index (χ2v) is 13.6. The molecule has 15 heteroatoms. The number of hydrogen-bond acceptors (Lipinski definition) is 8. The summed E-state index contributed by atoms with van der Waals surface area (Å²) < 4.78 is 45.9. The van der Waals surface area contributed by atoms with E-state index in [-0.39, 0.29) is 48.5 Å². The molecular weight excluding hydrogens is 700 g/mol. The molecule has 0 spiro atoms. The van der Waals surface area contributed by atoms with Crippen molar-refractivity contribution in [3.05, 3.63) is 93.1 Å². The molecule has 260 valence electrons. The zero-order valence-electron chi connectivity index (χ0n) is 26.5. The summed E-state index contributed by atoms with van der Waals surface area (Å²) in [7, 11) is 1.39. The summed E-state index contributed by atoms with van der Waals surface area (Å²) in [6.45, 7) is 1.89. The summed E-state index contributed by atoms with van der Waals surface area (Å²) >= 11 is 12.5. The van der Waals surface area contributed by atoms with Gasteiger partial charge in [-0.15, -0.1) is 0 Å². The number of benzene rings is 2. The smallest absolute Gasteiger partial charge is 0.417 e. The number of hydrazine groups is 1. The first-order chi connectivity index (χ1) is 23.7. The number of ether oxygens (including phenoxy) is 1. The maximum Gasteiger partial charge on any atom is 0.417 e. The van der Waals surface area contributed by atoms with Crippen molar-refractivity contribution in [3.8, 4) is 11.5 Å². The molecule has 1 saturated carbocycles. The van der Waals surface area contributed by atoms with Crippen LogP contribution in [0.25, 0.3) is 0 Å². The minimum atomic E-state index is -4.74. The van der Waals surface area contributed by atoms with Gasteiger partial charge in [-0.25, -0.2) is 4.98 Å². The predicted molar refractivity (Wildman–Crippen MR) is 174 cm³/mol. The maximum absolute atomic E-state index is 15.2. The number of alkyl halides is 3. The van der Waals surface area contributed by atoms with Crippen molar-refractivity contribution < 1.29 is 42.2 Å². The standard InChI is InChI=1S/C35H29Cl2F3N4O6/c1-3-43-30(46)22-11-10-20-23(27(22)32(43)48)14-24-31(47)44(42-29-25(37)12-17(15-41-29)35(38,39)40)33(49)34(24,16-4-6-18(36)7-5-16)28(20)21-9-8-19(45)13-26(21)50-2/h4-10,12-13,15,22-24,27-28,45H,3,11,14H2,1-2H3,(H,41,42). The van der Waals surface area contributed by atoms with Crippen LogP contribution in [0, 0.1) is 23.7 Å². The number of pyridine rings is 1. The molecule has 1 aromatic heterocycles. The topological polar surface area (TPSA) is 129 Å². The molecule has 2 aromatic carbocycles. The third kappa shape index (κ3) is 4.88. The number of carbonyl (C=O) groups is 4. The molecule has 4 aliphatic rings. The lowest BCUT2D eigenvalue weighted by molar-refractivity contribution is -0.141. The molecule has 6 unspecified atom stereocenters. The highest BCUT2D eigenvalue weighted by atomic mass is 35.5. The second-order valence-electron chi connectivity index (χ2n) is 12.8. The molecular formula is C35H29Cl2F3N4O6. The molecule has 3 fully saturated rings. The van der Waals surface area contributed by atoms with Crippen molar-refractivity contribution in [2.45, 2.75) is 37.3 Å². The van der Waals surface area contributed by atoms with Crippen molar-refractivity contribution in [1.82, 2.24) is 14.9 Å². The summed E-state index contributed by atoms with van der Waals surface area (Å²) in [5, 5.41) is 11.0. The molecule has 10 nitrogen and oxygen atoms in total. The fourth-order valence-corrected chi connectivity index (χ4v) is 8.78. The van der Waals surface area contributed by atoms with Crippen LogP contribution in [0.4, 0.5) is 19.0 Å². The highest BCUT2D eigenvalue weighted by Gasteiger charge is 2.70. The summed E-state index contributed by atoms with van der Waals surface area (Å²) in [5.74, 6) is -6.71. The fourth-order valence-electron chi connectivity index (χ4n) is 8.44. The number of hydrogen-bond donors (Lipinski definition) is 2. The Balaban J connectivity index is 1.46. The van der Waals surface area contributed by atoms with Crippen LogP contribution in [0.2, 0.25) is 10.0 Å². The van der Waals surface area contributed by atoms with E-state index in [9.17, 15) is 32.7 Å². The number of phenolic OH excluding ortho intramolecular Hbond substituents is 1. The van der Waals surface area contributed by atoms with Crippen LogP contribution in [0.3, 0.4) is 0 Å². The normalized spacial score (nSPS) is 27.6. The van der Waals surface area contributed by atoms with Gasteiger partial charge in [-0.05, 0) is 55.5 Å². The molecule has 50 heavy (non-hydrogen) atoms. The number of rotatable bonds is 6. The van der Waals surface area contributed by atoms with Gasteiger partial charge in [-0.3, -0.25) is 29.5 Å². The Morgan fingerprint density at radius 2 is 1.74 bits per heavy atom. The van der Waals surface area contributed by atoms with Gasteiger partial charge in [-0.1, -0.05) is 53.1 Å². The van der Waals surface area contributed by atoms with Crippen LogP contribution in [0.1, 0.15) is 42.4 Å². The van der Waals surface area contributed by atoms with Crippen LogP contribution in [0.5, 0.6) is 11.5 Å². The van der Waals surface area contributed by atoms with E-state index in [1.165, 1.54) is 24.1 Å². The molecule has 4 amide bonds. The van der Waals surface area contributed by atoms with Gasteiger partial charge in [-0.2, -0.15) is 18.2 Å². The van der Waals surface area contributed by atoms with Crippen LogP contribution in [0.15, 0.2) is 66.4 Å². The van der Waals surface area contributed by atoms with E-state index in [0.29, 0.717) is 34.0 Å². The molecule has 2 aliphatic heterocycles. The molecule has 6 atom stereocenters. The number of aromatic nitrogens is 1. The van der Waals surface area contributed by atoms with Gasteiger partial charge in [0.05, 0.1) is 40.9 Å². The average Bonchev–Trinajstić information content (AvgIpc) is 3.45. The van der Waals surface area contributed by atoms with E-state index in [2.05, 4.69) is 10.4 Å². The van der Waals surface area contributed by atoms with Gasteiger partial charge in [0.1, 0.15) is 11.5 Å². The lowest BCUT2D eigenvalue weighted by Crippen LogP contribution is -2.53. The van der Waals surface area contributed by atoms with Crippen molar-refractivity contribution in [2.75, 3.05) is 19.1 Å². The van der Waals surface area contributed by atoms with E-state index in [0.717, 1.165) is 5.01 Å². The van der Waals surface area contributed by atoms with E-state index in [4.69, 9.17) is 27.9 Å². The Morgan fingerprint density at radius 3 is 2.38 bits per heavy atom. The van der Waals surface area contributed by atoms with Gasteiger partial charge in [0, 0.05) is 35.3 Å². The summed E-state index contributed by atoms with van der Waals surface area (Å²) in [5.41, 5.74) is 1.21. The number of allylic oxidation sites excluding steroid dienone is 2. The van der Waals surface area contributed by atoms with Crippen molar-refractivity contribution in [3.63, 3.8) is 0 Å². The number of nitrogens with one attached hydrogen (secondary N) is 1. The zero-order chi connectivity index (χ0) is 35.9. The van der Waals surface area contributed by atoms with Gasteiger partial charge in [0.15, 0.2) is 5.82 Å². The van der Waals surface area contributed by atoms with Crippen molar-refractivity contribution in [2.24, 2.45) is 23.7 Å². The Bertz CT molecular complexity index is 1990. The lowest BCUT2D eigenvalue weighted by Gasteiger charge is -2.50. The predicted octanol–water partition coefficient (Wildman–Crippen LogP) is 6.13. The molecule has 2 N–H and O–H groups in total. The van der Waals surface area contributed by atoms with Gasteiger partial charge in [0.2, 0.25) is 11.8 Å². The van der Waals surface area contributed by atoms with Gasteiger partial charge >= 0.3 is 6.18 Å². The molecule has 2 aliphatic carbocycles. The first kappa shape index (κ1) is 33.9. The Kier molecular flexibility index (Phi) is 8.13. The Labute approximate surface area is 293 Å². The number of halogens is 5. The first-order valence-electron chi connectivity index (χ1n) is 15.8. The summed E-state index contributed by atoms with van der Waals surface area (Å²) in [6, 6.07) is 11.4. The fraction of sp³-hybridized carbons (Fsp3) is 0.343.